The van der Waals surface area contributed by atoms with E-state index in [0.717, 1.165) is 6.20 Å². The van der Waals surface area contributed by atoms with Crippen LogP contribution < -0.4 is 5.32 Å². The minimum atomic E-state index is -0.797. The molecule has 10 nitrogen and oxygen atoms in total. The molecule has 0 fully saturated rings. The van der Waals surface area contributed by atoms with Crippen LogP contribution in [0.3, 0.4) is 0 Å². The molecule has 1 unspecified atom stereocenters. The molecule has 0 radical (unpaired) electrons. The summed E-state index contributed by atoms with van der Waals surface area (Å²) in [7, 11) is 0. The highest BCUT2D eigenvalue weighted by atomic mass is 19.1. The molecule has 27 heavy (non-hydrogen) atoms. The van der Waals surface area contributed by atoms with Crippen molar-refractivity contribution in [3.63, 3.8) is 0 Å². The van der Waals surface area contributed by atoms with E-state index in [0.29, 0.717) is 12.1 Å². The third-order valence-corrected chi connectivity index (χ3v) is 3.97. The predicted molar refractivity (Wildman–Crippen MR) is 92.5 cm³/mol. The van der Waals surface area contributed by atoms with Gasteiger partial charge in [0, 0.05) is 0 Å². The van der Waals surface area contributed by atoms with Crippen molar-refractivity contribution >= 4 is 17.5 Å². The Bertz CT molecular complexity index is 998. The van der Waals surface area contributed by atoms with E-state index in [1.54, 1.807) is 19.1 Å². The number of amides is 1. The highest BCUT2D eigenvalue weighted by molar-refractivity contribution is 5.91. The zero-order valence-electron chi connectivity index (χ0n) is 14.5. The average Bonchev–Trinajstić information content (AvgIpc) is 3.20. The Morgan fingerprint density at radius 1 is 1.44 bits per heavy atom. The number of anilines is 1. The summed E-state index contributed by atoms with van der Waals surface area (Å²) in [5.41, 5.74) is 0.810. The van der Waals surface area contributed by atoms with Gasteiger partial charge < -0.3 is 0 Å². The third kappa shape index (κ3) is 3.97. The summed E-state index contributed by atoms with van der Waals surface area (Å²) in [6.07, 6.45) is 2.51. The van der Waals surface area contributed by atoms with E-state index in [1.165, 1.54) is 34.7 Å². The SMILES string of the molecule is Cc1c([N+](=O)[O-])cnn1C(C)C(=O)Nc1ncn(Cc2cccc(F)c2)n1. The Kier molecular flexibility index (Phi) is 4.92. The fourth-order valence-electron chi connectivity index (χ4n) is 2.56. The molecule has 1 amide bonds. The summed E-state index contributed by atoms with van der Waals surface area (Å²) in [5, 5.41) is 21.5. The van der Waals surface area contributed by atoms with Crippen molar-refractivity contribution in [1.82, 2.24) is 24.5 Å². The van der Waals surface area contributed by atoms with Gasteiger partial charge in [-0.2, -0.15) is 5.10 Å². The Morgan fingerprint density at radius 2 is 2.22 bits per heavy atom. The summed E-state index contributed by atoms with van der Waals surface area (Å²) in [4.78, 5) is 26.7. The zero-order valence-corrected chi connectivity index (χ0v) is 14.5. The minimum Gasteiger partial charge on any atom is -0.291 e. The van der Waals surface area contributed by atoms with E-state index in [1.807, 2.05) is 0 Å². The van der Waals surface area contributed by atoms with Gasteiger partial charge in [0.2, 0.25) is 5.95 Å². The highest BCUT2D eigenvalue weighted by Gasteiger charge is 2.24. The lowest BCUT2D eigenvalue weighted by Gasteiger charge is -2.12. The molecule has 2 aromatic heterocycles. The van der Waals surface area contributed by atoms with Crippen LogP contribution in [0.1, 0.15) is 24.2 Å². The number of halogens is 1. The van der Waals surface area contributed by atoms with Crippen LogP contribution in [0.25, 0.3) is 0 Å². The van der Waals surface area contributed by atoms with Crippen LogP contribution in [-0.2, 0) is 11.3 Å². The van der Waals surface area contributed by atoms with Crippen molar-refractivity contribution in [3.05, 3.63) is 64.0 Å². The fraction of sp³-hybridized carbons (Fsp3) is 0.250. The molecule has 1 atom stereocenters. The second-order valence-electron chi connectivity index (χ2n) is 5.88. The molecule has 11 heteroatoms. The van der Waals surface area contributed by atoms with Crippen LogP contribution in [0.5, 0.6) is 0 Å². The summed E-state index contributed by atoms with van der Waals surface area (Å²) < 4.78 is 15.9. The van der Waals surface area contributed by atoms with Crippen LogP contribution in [-0.4, -0.2) is 35.4 Å². The first-order valence-electron chi connectivity index (χ1n) is 7.98. The minimum absolute atomic E-state index is 0.0718. The lowest BCUT2D eigenvalue weighted by molar-refractivity contribution is -0.385. The lowest BCUT2D eigenvalue weighted by Crippen LogP contribution is -2.25. The Morgan fingerprint density at radius 3 is 2.89 bits per heavy atom. The van der Waals surface area contributed by atoms with Gasteiger partial charge in [-0.1, -0.05) is 12.1 Å². The molecule has 0 bridgehead atoms. The van der Waals surface area contributed by atoms with E-state index in [4.69, 9.17) is 0 Å². The summed E-state index contributed by atoms with van der Waals surface area (Å²) >= 11 is 0. The van der Waals surface area contributed by atoms with E-state index >= 15 is 0 Å². The van der Waals surface area contributed by atoms with Gasteiger partial charge >= 0.3 is 5.69 Å². The molecule has 0 aliphatic carbocycles. The van der Waals surface area contributed by atoms with Crippen molar-refractivity contribution in [1.29, 1.82) is 0 Å². The first-order valence-corrected chi connectivity index (χ1v) is 7.98. The van der Waals surface area contributed by atoms with Crippen LogP contribution in [0.15, 0.2) is 36.8 Å². The van der Waals surface area contributed by atoms with Gasteiger partial charge in [0.25, 0.3) is 5.91 Å². The standard InChI is InChI=1S/C16H16FN7O3/c1-10-14(24(26)27)7-19-23(10)11(2)15(25)20-16-18-9-22(21-16)8-12-4-3-5-13(17)6-12/h3-7,9,11H,8H2,1-2H3,(H,20,21,25). The average molecular weight is 373 g/mol. The van der Waals surface area contributed by atoms with Gasteiger partial charge in [-0.15, -0.1) is 5.10 Å². The Hall–Kier alpha value is -3.63. The van der Waals surface area contributed by atoms with Crippen molar-refractivity contribution < 1.29 is 14.1 Å². The number of hydrogen-bond acceptors (Lipinski definition) is 6. The number of nitrogens with one attached hydrogen (secondary N) is 1. The maximum Gasteiger partial charge on any atom is 0.309 e. The molecule has 0 aliphatic heterocycles. The van der Waals surface area contributed by atoms with Crippen molar-refractivity contribution in [2.45, 2.75) is 26.4 Å². The van der Waals surface area contributed by atoms with Crippen LogP contribution in [0.4, 0.5) is 16.0 Å². The Balaban J connectivity index is 1.68. The van der Waals surface area contributed by atoms with Gasteiger partial charge in [-0.3, -0.25) is 24.9 Å². The van der Waals surface area contributed by atoms with E-state index in [9.17, 15) is 19.3 Å². The number of rotatable bonds is 6. The monoisotopic (exact) mass is 373 g/mol. The first kappa shape index (κ1) is 18.2. The van der Waals surface area contributed by atoms with E-state index in [-0.39, 0.29) is 23.1 Å². The molecule has 3 aromatic rings. The molecule has 2 heterocycles. The Labute approximate surface area is 152 Å². The van der Waals surface area contributed by atoms with Crippen LogP contribution >= 0.6 is 0 Å². The van der Waals surface area contributed by atoms with Crippen LogP contribution in [0, 0.1) is 22.9 Å². The highest BCUT2D eigenvalue weighted by Crippen LogP contribution is 2.20. The number of nitro groups is 1. The second kappa shape index (κ2) is 7.32. The number of nitrogens with zero attached hydrogens (tertiary/aromatic N) is 6. The number of carbonyl (C=O) groups is 1. The van der Waals surface area contributed by atoms with E-state index < -0.39 is 16.9 Å². The third-order valence-electron chi connectivity index (χ3n) is 3.97. The van der Waals surface area contributed by atoms with Gasteiger partial charge in [-0.25, -0.2) is 14.1 Å². The molecular weight excluding hydrogens is 357 g/mol. The number of benzene rings is 1. The summed E-state index contributed by atoms with van der Waals surface area (Å²) in [5.74, 6) is -0.749. The van der Waals surface area contributed by atoms with Gasteiger partial charge in [0.15, 0.2) is 0 Å². The normalized spacial score (nSPS) is 12.0. The first-order chi connectivity index (χ1) is 12.8. The number of aromatic nitrogens is 5. The molecule has 1 aromatic carbocycles. The molecule has 3 rings (SSSR count). The van der Waals surface area contributed by atoms with E-state index in [2.05, 4.69) is 20.5 Å². The smallest absolute Gasteiger partial charge is 0.291 e. The topological polar surface area (TPSA) is 121 Å². The molecule has 0 saturated heterocycles. The zero-order chi connectivity index (χ0) is 19.6. The summed E-state index contributed by atoms with van der Waals surface area (Å²) in [6, 6.07) is 5.28. The molecule has 0 aliphatic rings. The van der Waals surface area contributed by atoms with Crippen LogP contribution in [0.2, 0.25) is 0 Å². The molecule has 140 valence electrons. The number of hydrogen-bond donors (Lipinski definition) is 1. The van der Waals surface area contributed by atoms with Gasteiger partial charge in [0.1, 0.15) is 30.1 Å². The van der Waals surface area contributed by atoms with Crippen molar-refractivity contribution in [3.8, 4) is 0 Å². The maximum atomic E-state index is 13.2. The second-order valence-corrected chi connectivity index (χ2v) is 5.88. The molecule has 0 spiro atoms. The summed E-state index contributed by atoms with van der Waals surface area (Å²) in [6.45, 7) is 3.37. The number of carbonyl (C=O) groups excluding carboxylic acids is 1. The van der Waals surface area contributed by atoms with Crippen molar-refractivity contribution in [2.24, 2.45) is 0 Å². The molecular formula is C16H16FN7O3. The van der Waals surface area contributed by atoms with Gasteiger partial charge in [-0.05, 0) is 31.5 Å². The molecule has 0 saturated carbocycles. The fourth-order valence-corrected chi connectivity index (χ4v) is 2.56. The van der Waals surface area contributed by atoms with Gasteiger partial charge in [0.05, 0.1) is 11.5 Å². The largest absolute Gasteiger partial charge is 0.309 e. The van der Waals surface area contributed by atoms with Crippen molar-refractivity contribution in [2.75, 3.05) is 5.32 Å². The quantitative estimate of drug-likeness (QED) is 0.522. The molecule has 1 N–H and O–H groups in total. The predicted octanol–water partition coefficient (Wildman–Crippen LogP) is 2.08. The lowest BCUT2D eigenvalue weighted by atomic mass is 10.2. The maximum absolute atomic E-state index is 13.2.